The summed E-state index contributed by atoms with van der Waals surface area (Å²) in [6, 6.07) is 28.1. The van der Waals surface area contributed by atoms with Crippen molar-refractivity contribution in [1.82, 2.24) is 14.9 Å². The maximum atomic E-state index is 12.1. The van der Waals surface area contributed by atoms with Gasteiger partial charge in [0.25, 0.3) is 0 Å². The molecule has 1 aliphatic rings. The zero-order chi connectivity index (χ0) is 29.4. The average molecular weight is 596 g/mol. The van der Waals surface area contributed by atoms with Gasteiger partial charge in [0.05, 0.1) is 34.2 Å². The van der Waals surface area contributed by atoms with Gasteiger partial charge in [-0.25, -0.2) is 0 Å². The maximum Gasteiger partial charge on any atom is 0.250 e. The van der Waals surface area contributed by atoms with Crippen LogP contribution in [0, 0.1) is 13.8 Å². The molecule has 2 atom stereocenters. The molecular weight excluding hydrogens is 566 g/mol. The monoisotopic (exact) mass is 595 g/mol. The second-order valence-corrected chi connectivity index (χ2v) is 11.1. The Morgan fingerprint density at radius 3 is 2.60 bits per heavy atom. The standard InChI is InChI=1S/C33H30ClN5O2S/c1-20-17-25(21(2)38(20)29-13-8-10-22-9-4-5-11-24(22)29)32-31(28-12-6-7-16-35-28)37-33(42)39(32)23-14-15-27(26(34)18-23)36-30(40)19-41-3/h4-18,31-32H,19H2,1-3H3,(H,36,40)(H,37,42). The van der Waals surface area contributed by atoms with Crippen LogP contribution < -0.4 is 15.5 Å². The Hall–Kier alpha value is -4.24. The van der Waals surface area contributed by atoms with E-state index in [4.69, 9.17) is 33.5 Å². The zero-order valence-corrected chi connectivity index (χ0v) is 25.0. The summed E-state index contributed by atoms with van der Waals surface area (Å²) >= 11 is 12.6. The molecule has 3 aromatic carbocycles. The molecule has 1 saturated heterocycles. The van der Waals surface area contributed by atoms with Crippen molar-refractivity contribution in [3.05, 3.63) is 119 Å². The number of amides is 1. The lowest BCUT2D eigenvalue weighted by Crippen LogP contribution is -2.29. The summed E-state index contributed by atoms with van der Waals surface area (Å²) in [6.07, 6.45) is 1.80. The number of carbonyl (C=O) groups is 1. The predicted octanol–water partition coefficient (Wildman–Crippen LogP) is 7.06. The molecule has 0 spiro atoms. The third kappa shape index (κ3) is 5.02. The molecule has 2 unspecified atom stereocenters. The Kier molecular flexibility index (Phi) is 7.68. The topological polar surface area (TPSA) is 71.4 Å². The van der Waals surface area contributed by atoms with E-state index in [1.165, 1.54) is 17.9 Å². The number of benzene rings is 3. The lowest BCUT2D eigenvalue weighted by atomic mass is 9.96. The van der Waals surface area contributed by atoms with Crippen LogP contribution in [0.25, 0.3) is 16.5 Å². The zero-order valence-electron chi connectivity index (χ0n) is 23.5. The van der Waals surface area contributed by atoms with Gasteiger partial charge in [-0.05, 0) is 79.5 Å². The second kappa shape index (κ2) is 11.6. The van der Waals surface area contributed by atoms with E-state index in [2.05, 4.69) is 82.5 Å². The molecular formula is C33H30ClN5O2S. The number of aryl methyl sites for hydroxylation is 1. The summed E-state index contributed by atoms with van der Waals surface area (Å²) in [5.74, 6) is -0.278. The molecule has 2 N–H and O–H groups in total. The van der Waals surface area contributed by atoms with Crippen molar-refractivity contribution in [2.24, 2.45) is 0 Å². The minimum Gasteiger partial charge on any atom is -0.375 e. The smallest absolute Gasteiger partial charge is 0.250 e. The number of fused-ring (bicyclic) bond motifs is 1. The molecule has 0 bridgehead atoms. The summed E-state index contributed by atoms with van der Waals surface area (Å²) in [6.45, 7) is 4.23. The highest BCUT2D eigenvalue weighted by atomic mass is 35.5. The van der Waals surface area contributed by atoms with E-state index in [0.29, 0.717) is 15.8 Å². The van der Waals surface area contributed by atoms with Crippen LogP contribution in [-0.4, -0.2) is 34.3 Å². The summed E-state index contributed by atoms with van der Waals surface area (Å²) in [4.78, 5) is 18.9. The molecule has 7 nitrogen and oxygen atoms in total. The first-order valence-electron chi connectivity index (χ1n) is 13.6. The molecule has 5 aromatic rings. The van der Waals surface area contributed by atoms with Crippen LogP contribution in [0.2, 0.25) is 5.02 Å². The lowest BCUT2D eigenvalue weighted by Gasteiger charge is -2.28. The maximum absolute atomic E-state index is 12.1. The number of aromatic nitrogens is 2. The summed E-state index contributed by atoms with van der Waals surface area (Å²) in [5, 5.41) is 9.67. The van der Waals surface area contributed by atoms with Crippen molar-refractivity contribution in [1.29, 1.82) is 0 Å². The highest BCUT2D eigenvalue weighted by Gasteiger charge is 2.42. The number of nitrogens with one attached hydrogen (secondary N) is 2. The van der Waals surface area contributed by atoms with Gasteiger partial charge in [0.15, 0.2) is 5.11 Å². The Labute approximate surface area is 255 Å². The number of halogens is 1. The van der Waals surface area contributed by atoms with Crippen molar-refractivity contribution < 1.29 is 9.53 Å². The van der Waals surface area contributed by atoms with Gasteiger partial charge in [0.2, 0.25) is 5.91 Å². The third-order valence-electron chi connectivity index (χ3n) is 7.67. The third-order valence-corrected chi connectivity index (χ3v) is 8.30. The minimum atomic E-state index is -0.278. The lowest BCUT2D eigenvalue weighted by molar-refractivity contribution is -0.119. The van der Waals surface area contributed by atoms with Crippen molar-refractivity contribution in [3.63, 3.8) is 0 Å². The molecule has 6 rings (SSSR count). The van der Waals surface area contributed by atoms with Crippen molar-refractivity contribution in [2.45, 2.75) is 25.9 Å². The van der Waals surface area contributed by atoms with Gasteiger partial charge >= 0.3 is 0 Å². The Balaban J connectivity index is 1.48. The van der Waals surface area contributed by atoms with Gasteiger partial charge in [-0.1, -0.05) is 54.1 Å². The molecule has 1 aliphatic heterocycles. The van der Waals surface area contributed by atoms with Gasteiger partial charge in [0, 0.05) is 35.8 Å². The van der Waals surface area contributed by atoms with Crippen molar-refractivity contribution >= 4 is 57.0 Å². The molecule has 1 amide bonds. The highest BCUT2D eigenvalue weighted by Crippen LogP contribution is 2.45. The highest BCUT2D eigenvalue weighted by molar-refractivity contribution is 7.80. The van der Waals surface area contributed by atoms with Crippen LogP contribution in [0.5, 0.6) is 0 Å². The molecule has 0 saturated carbocycles. The van der Waals surface area contributed by atoms with Crippen LogP contribution in [0.3, 0.4) is 0 Å². The van der Waals surface area contributed by atoms with E-state index >= 15 is 0 Å². The van der Waals surface area contributed by atoms with E-state index in [9.17, 15) is 4.79 Å². The first-order chi connectivity index (χ1) is 20.4. The Morgan fingerprint density at radius 2 is 1.83 bits per heavy atom. The molecule has 0 aliphatic carbocycles. The second-order valence-electron chi connectivity index (χ2n) is 10.3. The fourth-order valence-corrected chi connectivity index (χ4v) is 6.45. The number of thiocarbonyl (C=S) groups is 1. The van der Waals surface area contributed by atoms with Gasteiger partial charge < -0.3 is 24.8 Å². The number of methoxy groups -OCH3 is 1. The van der Waals surface area contributed by atoms with Gasteiger partial charge in [-0.3, -0.25) is 9.78 Å². The number of nitrogens with zero attached hydrogens (tertiary/aromatic N) is 3. The van der Waals surface area contributed by atoms with Crippen LogP contribution in [0.1, 0.15) is 34.7 Å². The van der Waals surface area contributed by atoms with E-state index in [0.717, 1.165) is 34.0 Å². The van der Waals surface area contributed by atoms with Crippen LogP contribution in [-0.2, 0) is 9.53 Å². The SMILES string of the molecule is COCC(=O)Nc1ccc(N2C(=S)NC(c3ccccn3)C2c2cc(C)n(-c3cccc4ccccc34)c2C)cc1Cl. The number of carbonyl (C=O) groups excluding carboxylic acids is 1. The van der Waals surface area contributed by atoms with E-state index in [1.807, 2.05) is 30.3 Å². The average Bonchev–Trinajstić information content (AvgIpc) is 3.49. The molecule has 212 valence electrons. The molecule has 9 heteroatoms. The summed E-state index contributed by atoms with van der Waals surface area (Å²) in [5.41, 5.74) is 6.68. The molecule has 2 aromatic heterocycles. The summed E-state index contributed by atoms with van der Waals surface area (Å²) in [7, 11) is 1.47. The number of hydrogen-bond acceptors (Lipinski definition) is 4. The van der Waals surface area contributed by atoms with E-state index in [-0.39, 0.29) is 24.6 Å². The number of pyridine rings is 1. The van der Waals surface area contributed by atoms with Crippen molar-refractivity contribution in [2.75, 3.05) is 23.9 Å². The first kappa shape index (κ1) is 27.9. The normalized spacial score (nSPS) is 16.6. The first-order valence-corrected chi connectivity index (χ1v) is 14.4. The van der Waals surface area contributed by atoms with Crippen LogP contribution in [0.4, 0.5) is 11.4 Å². The number of anilines is 2. The largest absolute Gasteiger partial charge is 0.375 e. The number of ether oxygens (including phenoxy) is 1. The molecule has 0 radical (unpaired) electrons. The number of hydrogen-bond donors (Lipinski definition) is 2. The van der Waals surface area contributed by atoms with E-state index < -0.39 is 0 Å². The van der Waals surface area contributed by atoms with Gasteiger partial charge in [-0.2, -0.15) is 0 Å². The predicted molar refractivity (Wildman–Crippen MR) is 173 cm³/mol. The van der Waals surface area contributed by atoms with Crippen LogP contribution in [0.15, 0.2) is 91.1 Å². The van der Waals surface area contributed by atoms with E-state index in [1.54, 1.807) is 12.3 Å². The minimum absolute atomic E-state index is 0.0572. The summed E-state index contributed by atoms with van der Waals surface area (Å²) < 4.78 is 7.25. The molecule has 3 heterocycles. The Bertz CT molecular complexity index is 1800. The number of rotatable bonds is 7. The van der Waals surface area contributed by atoms with Crippen molar-refractivity contribution in [3.8, 4) is 5.69 Å². The quantitative estimate of drug-likeness (QED) is 0.196. The molecule has 42 heavy (non-hydrogen) atoms. The fourth-order valence-electron chi connectivity index (χ4n) is 5.88. The van der Waals surface area contributed by atoms with Gasteiger partial charge in [-0.15, -0.1) is 0 Å². The molecule has 1 fully saturated rings. The Morgan fingerprint density at radius 1 is 1.05 bits per heavy atom. The fraction of sp³-hybridized carbons (Fsp3) is 0.182. The van der Waals surface area contributed by atoms with Crippen LogP contribution >= 0.6 is 23.8 Å². The van der Waals surface area contributed by atoms with Gasteiger partial charge in [0.1, 0.15) is 6.61 Å².